The fraction of sp³-hybridized carbons (Fsp3) is 0.833. The quantitative estimate of drug-likeness (QED) is 0.869. The summed E-state index contributed by atoms with van der Waals surface area (Å²) in [5.74, 6) is 2.96. The van der Waals surface area contributed by atoms with Crippen LogP contribution in [0.4, 0.5) is 0 Å². The van der Waals surface area contributed by atoms with Crippen LogP contribution in [0.5, 0.6) is 0 Å². The summed E-state index contributed by atoms with van der Waals surface area (Å²) < 4.78 is 2.32. The Kier molecular flexibility index (Phi) is 5.31. The molecule has 7 heteroatoms. The molecule has 1 atom stereocenters. The lowest BCUT2D eigenvalue weighted by atomic mass is 9.97. The molecule has 0 aliphatic carbocycles. The molecule has 7 nitrogen and oxygen atoms in total. The summed E-state index contributed by atoms with van der Waals surface area (Å²) in [6.07, 6.45) is 6.83. The molecule has 0 spiro atoms. The number of likely N-dealkylation sites (tertiary alicyclic amines) is 2. The van der Waals surface area contributed by atoms with Gasteiger partial charge in [0, 0.05) is 51.6 Å². The van der Waals surface area contributed by atoms with Crippen LogP contribution < -0.4 is 5.32 Å². The topological polar surface area (TPSA) is 66.3 Å². The van der Waals surface area contributed by atoms with Gasteiger partial charge in [-0.15, -0.1) is 10.2 Å². The van der Waals surface area contributed by atoms with E-state index in [1.807, 2.05) is 0 Å². The smallest absolute Gasteiger partial charge is 0.236 e. The van der Waals surface area contributed by atoms with E-state index in [2.05, 4.69) is 29.9 Å². The second kappa shape index (κ2) is 7.83. The molecule has 2 saturated heterocycles. The van der Waals surface area contributed by atoms with Crippen molar-refractivity contribution >= 4 is 5.91 Å². The summed E-state index contributed by atoms with van der Waals surface area (Å²) in [5.41, 5.74) is 0. The summed E-state index contributed by atoms with van der Waals surface area (Å²) in [6.45, 7) is 7.35. The molecule has 0 radical (unpaired) electrons. The van der Waals surface area contributed by atoms with Crippen molar-refractivity contribution in [1.82, 2.24) is 29.9 Å². The highest BCUT2D eigenvalue weighted by Gasteiger charge is 2.29. The standard InChI is InChI=1S/C18H30N6O/c25-17(23-10-2-1-3-11-23)14-22-9-4-5-15(13-22)18-21-20-16-6-7-19-8-12-24(16)18/h15,19H,1-14H2. The molecule has 1 aromatic heterocycles. The van der Waals surface area contributed by atoms with Crippen LogP contribution in [-0.4, -0.2) is 76.3 Å². The van der Waals surface area contributed by atoms with Gasteiger partial charge in [-0.3, -0.25) is 9.69 Å². The summed E-state index contributed by atoms with van der Waals surface area (Å²) in [4.78, 5) is 17.0. The van der Waals surface area contributed by atoms with E-state index in [-0.39, 0.29) is 0 Å². The number of nitrogens with one attached hydrogen (secondary N) is 1. The average Bonchev–Trinajstić information content (AvgIpc) is 2.91. The van der Waals surface area contributed by atoms with Gasteiger partial charge in [0.05, 0.1) is 6.54 Å². The lowest BCUT2D eigenvalue weighted by molar-refractivity contribution is -0.133. The molecular formula is C18H30N6O. The van der Waals surface area contributed by atoms with Gasteiger partial charge in [0.1, 0.15) is 11.6 Å². The van der Waals surface area contributed by atoms with E-state index >= 15 is 0 Å². The maximum atomic E-state index is 12.6. The van der Waals surface area contributed by atoms with Crippen LogP contribution in [-0.2, 0) is 17.8 Å². The van der Waals surface area contributed by atoms with Gasteiger partial charge in [-0.25, -0.2) is 0 Å². The van der Waals surface area contributed by atoms with E-state index in [0.29, 0.717) is 18.4 Å². The third kappa shape index (κ3) is 3.87. The number of hydrogen-bond donors (Lipinski definition) is 1. The molecule has 1 aromatic rings. The normalized spacial score (nSPS) is 25.4. The van der Waals surface area contributed by atoms with E-state index in [1.165, 1.54) is 6.42 Å². The molecule has 1 N–H and O–H groups in total. The van der Waals surface area contributed by atoms with E-state index in [1.54, 1.807) is 0 Å². The molecule has 4 heterocycles. The van der Waals surface area contributed by atoms with Crippen molar-refractivity contribution in [1.29, 1.82) is 0 Å². The summed E-state index contributed by atoms with van der Waals surface area (Å²) in [7, 11) is 0. The van der Waals surface area contributed by atoms with Crippen molar-refractivity contribution in [2.45, 2.75) is 51.0 Å². The van der Waals surface area contributed by atoms with Gasteiger partial charge in [0.2, 0.25) is 5.91 Å². The zero-order valence-electron chi connectivity index (χ0n) is 15.1. The molecule has 0 saturated carbocycles. The Balaban J connectivity index is 1.39. The lowest BCUT2D eigenvalue weighted by Gasteiger charge is -2.34. The molecular weight excluding hydrogens is 316 g/mol. The highest BCUT2D eigenvalue weighted by molar-refractivity contribution is 5.78. The number of aromatic nitrogens is 3. The number of hydrogen-bond acceptors (Lipinski definition) is 5. The zero-order chi connectivity index (χ0) is 17.1. The van der Waals surface area contributed by atoms with Crippen LogP contribution in [0.25, 0.3) is 0 Å². The van der Waals surface area contributed by atoms with Gasteiger partial charge < -0.3 is 14.8 Å². The van der Waals surface area contributed by atoms with Crippen LogP contribution in [0, 0.1) is 0 Å². The Morgan fingerprint density at radius 1 is 1.04 bits per heavy atom. The minimum Gasteiger partial charge on any atom is -0.342 e. The van der Waals surface area contributed by atoms with E-state index in [0.717, 1.165) is 89.6 Å². The van der Waals surface area contributed by atoms with Gasteiger partial charge in [-0.1, -0.05) is 0 Å². The van der Waals surface area contributed by atoms with Crippen molar-refractivity contribution in [2.24, 2.45) is 0 Å². The molecule has 2 fully saturated rings. The number of fused-ring (bicyclic) bond motifs is 1. The van der Waals surface area contributed by atoms with Gasteiger partial charge in [-0.2, -0.15) is 0 Å². The van der Waals surface area contributed by atoms with Crippen molar-refractivity contribution in [3.8, 4) is 0 Å². The maximum Gasteiger partial charge on any atom is 0.236 e. The number of carbonyl (C=O) groups excluding carboxylic acids is 1. The monoisotopic (exact) mass is 346 g/mol. The van der Waals surface area contributed by atoms with Crippen LogP contribution in [0.3, 0.4) is 0 Å². The molecule has 138 valence electrons. The summed E-state index contributed by atoms with van der Waals surface area (Å²) in [5, 5.41) is 12.4. The highest BCUT2D eigenvalue weighted by atomic mass is 16.2. The molecule has 25 heavy (non-hydrogen) atoms. The molecule has 4 rings (SSSR count). The third-order valence-corrected chi connectivity index (χ3v) is 5.83. The second-order valence-electron chi connectivity index (χ2n) is 7.64. The van der Waals surface area contributed by atoms with E-state index in [4.69, 9.17) is 0 Å². The van der Waals surface area contributed by atoms with Gasteiger partial charge in [0.25, 0.3) is 0 Å². The number of nitrogens with zero attached hydrogens (tertiary/aromatic N) is 5. The number of amides is 1. The molecule has 3 aliphatic heterocycles. The number of carbonyl (C=O) groups is 1. The third-order valence-electron chi connectivity index (χ3n) is 5.83. The predicted molar refractivity (Wildman–Crippen MR) is 95.4 cm³/mol. The largest absolute Gasteiger partial charge is 0.342 e. The Hall–Kier alpha value is -1.47. The summed E-state index contributed by atoms with van der Waals surface area (Å²) in [6, 6.07) is 0. The van der Waals surface area contributed by atoms with E-state index < -0.39 is 0 Å². The predicted octanol–water partition coefficient (Wildman–Crippen LogP) is 0.616. The molecule has 1 unspecified atom stereocenters. The Morgan fingerprint density at radius 2 is 1.92 bits per heavy atom. The average molecular weight is 346 g/mol. The SMILES string of the molecule is O=C(CN1CCCC(c2nnc3n2CCNCC3)C1)N1CCCCC1. The first-order valence-electron chi connectivity index (χ1n) is 9.94. The van der Waals surface area contributed by atoms with Crippen LogP contribution in [0.1, 0.15) is 49.7 Å². The molecule has 0 aromatic carbocycles. The number of piperidine rings is 2. The molecule has 1 amide bonds. The zero-order valence-corrected chi connectivity index (χ0v) is 15.1. The molecule has 0 bridgehead atoms. The van der Waals surface area contributed by atoms with Crippen LogP contribution in [0.2, 0.25) is 0 Å². The Bertz CT molecular complexity index is 594. The Labute approximate surface area is 149 Å². The first kappa shape index (κ1) is 17.0. The maximum absolute atomic E-state index is 12.6. The fourth-order valence-electron chi connectivity index (χ4n) is 4.44. The van der Waals surface area contributed by atoms with Crippen LogP contribution in [0.15, 0.2) is 0 Å². The minimum absolute atomic E-state index is 0.310. The lowest BCUT2D eigenvalue weighted by Crippen LogP contribution is -2.45. The first-order chi connectivity index (χ1) is 12.3. The fourth-order valence-corrected chi connectivity index (χ4v) is 4.44. The van der Waals surface area contributed by atoms with Crippen molar-refractivity contribution in [2.75, 3.05) is 45.8 Å². The second-order valence-corrected chi connectivity index (χ2v) is 7.64. The summed E-state index contributed by atoms with van der Waals surface area (Å²) >= 11 is 0. The molecule has 3 aliphatic rings. The number of rotatable bonds is 3. The Morgan fingerprint density at radius 3 is 2.80 bits per heavy atom. The van der Waals surface area contributed by atoms with Gasteiger partial charge in [0.15, 0.2) is 0 Å². The minimum atomic E-state index is 0.310. The first-order valence-corrected chi connectivity index (χ1v) is 9.94. The van der Waals surface area contributed by atoms with Crippen molar-refractivity contribution < 1.29 is 4.79 Å². The van der Waals surface area contributed by atoms with Crippen molar-refractivity contribution in [3.05, 3.63) is 11.6 Å². The van der Waals surface area contributed by atoms with Crippen molar-refractivity contribution in [3.63, 3.8) is 0 Å². The van der Waals surface area contributed by atoms with E-state index in [9.17, 15) is 4.79 Å². The van der Waals surface area contributed by atoms with Gasteiger partial charge >= 0.3 is 0 Å². The van der Waals surface area contributed by atoms with Gasteiger partial charge in [-0.05, 0) is 38.6 Å². The highest BCUT2D eigenvalue weighted by Crippen LogP contribution is 2.26. The van der Waals surface area contributed by atoms with Crippen LogP contribution >= 0.6 is 0 Å².